The Bertz CT molecular complexity index is 284. The fourth-order valence-corrected chi connectivity index (χ4v) is 1.44. The normalized spacial score (nSPS) is 14.9. The van der Waals surface area contributed by atoms with Crippen LogP contribution in [0, 0.1) is 0 Å². The van der Waals surface area contributed by atoms with Crippen LogP contribution in [0.25, 0.3) is 0 Å². The summed E-state index contributed by atoms with van der Waals surface area (Å²) in [4.78, 5) is 0. The lowest BCUT2D eigenvalue weighted by atomic mass is 10.0. The number of rotatable bonds is 5. The van der Waals surface area contributed by atoms with Crippen LogP contribution in [0.4, 0.5) is 0 Å². The van der Waals surface area contributed by atoms with Crippen molar-refractivity contribution in [3.63, 3.8) is 0 Å². The van der Waals surface area contributed by atoms with Gasteiger partial charge in [-0.15, -0.1) is 0 Å². The standard InChI is InChI=1S/C12H19NO2/c1-9(15-3)10-4-6-11(7-5-10)12(14)8-13-2/h4-7,9,12-14H,8H2,1-3H3. The molecule has 1 aromatic rings. The molecule has 15 heavy (non-hydrogen) atoms. The number of benzene rings is 1. The first-order chi connectivity index (χ1) is 7.19. The van der Waals surface area contributed by atoms with Crippen LogP contribution in [0.1, 0.15) is 30.3 Å². The highest BCUT2D eigenvalue weighted by Gasteiger charge is 2.07. The van der Waals surface area contributed by atoms with Crippen LogP contribution in [0.5, 0.6) is 0 Å². The van der Waals surface area contributed by atoms with Crippen molar-refractivity contribution < 1.29 is 9.84 Å². The Labute approximate surface area is 91.1 Å². The van der Waals surface area contributed by atoms with Gasteiger partial charge in [0.2, 0.25) is 0 Å². The predicted octanol–water partition coefficient (Wildman–Crippen LogP) is 1.65. The summed E-state index contributed by atoms with van der Waals surface area (Å²) >= 11 is 0. The lowest BCUT2D eigenvalue weighted by molar-refractivity contribution is 0.119. The summed E-state index contributed by atoms with van der Waals surface area (Å²) in [5.74, 6) is 0. The molecule has 0 aliphatic rings. The monoisotopic (exact) mass is 209 g/mol. The lowest BCUT2D eigenvalue weighted by Gasteiger charge is -2.13. The highest BCUT2D eigenvalue weighted by Crippen LogP contribution is 2.19. The summed E-state index contributed by atoms with van der Waals surface area (Å²) in [6.07, 6.45) is -0.345. The Balaban J connectivity index is 2.71. The van der Waals surface area contributed by atoms with Crippen molar-refractivity contribution in [3.8, 4) is 0 Å². The average Bonchev–Trinajstić information content (AvgIpc) is 2.28. The predicted molar refractivity (Wildman–Crippen MR) is 60.8 cm³/mol. The van der Waals surface area contributed by atoms with Crippen LogP contribution < -0.4 is 5.32 Å². The molecule has 3 heteroatoms. The summed E-state index contributed by atoms with van der Waals surface area (Å²) in [6, 6.07) is 7.85. The number of hydrogen-bond acceptors (Lipinski definition) is 3. The topological polar surface area (TPSA) is 41.5 Å². The molecule has 0 bridgehead atoms. The number of ether oxygens (including phenoxy) is 1. The van der Waals surface area contributed by atoms with Crippen molar-refractivity contribution in [1.29, 1.82) is 0 Å². The minimum Gasteiger partial charge on any atom is -0.387 e. The molecule has 0 aliphatic carbocycles. The van der Waals surface area contributed by atoms with E-state index in [2.05, 4.69) is 5.32 Å². The maximum atomic E-state index is 9.71. The van der Waals surface area contributed by atoms with Crippen molar-refractivity contribution >= 4 is 0 Å². The summed E-state index contributed by atoms with van der Waals surface area (Å²) in [5.41, 5.74) is 2.05. The van der Waals surface area contributed by atoms with E-state index >= 15 is 0 Å². The van der Waals surface area contributed by atoms with E-state index in [4.69, 9.17) is 4.74 Å². The third-order valence-corrected chi connectivity index (χ3v) is 2.54. The molecule has 0 saturated carbocycles. The van der Waals surface area contributed by atoms with Gasteiger partial charge in [-0.2, -0.15) is 0 Å². The van der Waals surface area contributed by atoms with Gasteiger partial charge in [0.1, 0.15) is 0 Å². The molecular weight excluding hydrogens is 190 g/mol. The fourth-order valence-electron chi connectivity index (χ4n) is 1.44. The molecule has 1 aromatic carbocycles. The van der Waals surface area contributed by atoms with Gasteiger partial charge in [-0.3, -0.25) is 0 Å². The number of aliphatic hydroxyl groups excluding tert-OH is 1. The molecule has 3 nitrogen and oxygen atoms in total. The first-order valence-corrected chi connectivity index (χ1v) is 5.14. The van der Waals surface area contributed by atoms with Gasteiger partial charge in [-0.1, -0.05) is 24.3 Å². The Morgan fingerprint density at radius 2 is 1.80 bits per heavy atom. The lowest BCUT2D eigenvalue weighted by Crippen LogP contribution is -2.16. The fraction of sp³-hybridized carbons (Fsp3) is 0.500. The minimum absolute atomic E-state index is 0.0977. The van der Waals surface area contributed by atoms with Crippen molar-refractivity contribution in [3.05, 3.63) is 35.4 Å². The van der Waals surface area contributed by atoms with Gasteiger partial charge in [0.15, 0.2) is 0 Å². The number of aliphatic hydroxyl groups is 1. The molecule has 0 fully saturated rings. The minimum atomic E-state index is -0.443. The van der Waals surface area contributed by atoms with E-state index in [1.165, 1.54) is 0 Å². The molecule has 0 aliphatic heterocycles. The molecule has 0 amide bonds. The van der Waals surface area contributed by atoms with Crippen molar-refractivity contribution in [1.82, 2.24) is 5.32 Å². The second-order valence-electron chi connectivity index (χ2n) is 3.62. The molecule has 84 valence electrons. The van der Waals surface area contributed by atoms with Crippen molar-refractivity contribution in [2.24, 2.45) is 0 Å². The zero-order valence-electron chi connectivity index (χ0n) is 9.53. The van der Waals surface area contributed by atoms with Crippen molar-refractivity contribution in [2.75, 3.05) is 20.7 Å². The molecule has 0 radical (unpaired) electrons. The zero-order chi connectivity index (χ0) is 11.3. The number of likely N-dealkylation sites (N-methyl/N-ethyl adjacent to an activating group) is 1. The Hall–Kier alpha value is -0.900. The Morgan fingerprint density at radius 1 is 1.27 bits per heavy atom. The van der Waals surface area contributed by atoms with Gasteiger partial charge in [-0.25, -0.2) is 0 Å². The van der Waals surface area contributed by atoms with E-state index < -0.39 is 6.10 Å². The van der Waals surface area contributed by atoms with Crippen LogP contribution in [-0.4, -0.2) is 25.8 Å². The summed E-state index contributed by atoms with van der Waals surface area (Å²) < 4.78 is 5.21. The molecular formula is C12H19NO2. The van der Waals surface area contributed by atoms with E-state index in [1.54, 1.807) is 7.11 Å². The Kier molecular flexibility index (Phi) is 4.75. The molecule has 0 saturated heterocycles. The van der Waals surface area contributed by atoms with Crippen LogP contribution in [0.3, 0.4) is 0 Å². The number of hydrogen-bond donors (Lipinski definition) is 2. The number of nitrogens with one attached hydrogen (secondary N) is 1. The molecule has 2 N–H and O–H groups in total. The van der Waals surface area contributed by atoms with E-state index in [-0.39, 0.29) is 6.10 Å². The summed E-state index contributed by atoms with van der Waals surface area (Å²) in [6.45, 7) is 2.57. The van der Waals surface area contributed by atoms with Gasteiger partial charge in [-0.05, 0) is 25.1 Å². The third kappa shape index (κ3) is 3.30. The average molecular weight is 209 g/mol. The third-order valence-electron chi connectivity index (χ3n) is 2.54. The van der Waals surface area contributed by atoms with E-state index in [1.807, 2.05) is 38.2 Å². The first-order valence-electron chi connectivity index (χ1n) is 5.14. The second kappa shape index (κ2) is 5.85. The van der Waals surface area contributed by atoms with Crippen LogP contribution in [0.15, 0.2) is 24.3 Å². The molecule has 0 aromatic heterocycles. The Morgan fingerprint density at radius 3 is 2.27 bits per heavy atom. The van der Waals surface area contributed by atoms with E-state index in [0.717, 1.165) is 11.1 Å². The smallest absolute Gasteiger partial charge is 0.0914 e. The second-order valence-corrected chi connectivity index (χ2v) is 3.62. The maximum Gasteiger partial charge on any atom is 0.0914 e. The molecule has 1 rings (SSSR count). The van der Waals surface area contributed by atoms with Gasteiger partial charge < -0.3 is 15.2 Å². The van der Waals surface area contributed by atoms with Crippen LogP contribution in [-0.2, 0) is 4.74 Å². The SMILES string of the molecule is CNCC(O)c1ccc(C(C)OC)cc1. The zero-order valence-corrected chi connectivity index (χ0v) is 9.53. The molecule has 2 atom stereocenters. The van der Waals surface area contributed by atoms with Crippen LogP contribution in [0.2, 0.25) is 0 Å². The first kappa shape index (κ1) is 12.2. The van der Waals surface area contributed by atoms with E-state index in [9.17, 15) is 5.11 Å². The van der Waals surface area contributed by atoms with Gasteiger partial charge in [0.05, 0.1) is 12.2 Å². The van der Waals surface area contributed by atoms with Crippen molar-refractivity contribution in [2.45, 2.75) is 19.1 Å². The molecule has 0 spiro atoms. The quantitative estimate of drug-likeness (QED) is 0.774. The number of methoxy groups -OCH3 is 1. The maximum absolute atomic E-state index is 9.71. The van der Waals surface area contributed by atoms with E-state index in [0.29, 0.717) is 6.54 Å². The highest BCUT2D eigenvalue weighted by molar-refractivity contribution is 5.25. The largest absolute Gasteiger partial charge is 0.387 e. The van der Waals surface area contributed by atoms with Gasteiger partial charge >= 0.3 is 0 Å². The summed E-state index contributed by atoms with van der Waals surface area (Å²) in [5, 5.41) is 12.7. The highest BCUT2D eigenvalue weighted by atomic mass is 16.5. The molecule has 2 unspecified atom stereocenters. The summed E-state index contributed by atoms with van der Waals surface area (Å²) in [7, 11) is 3.51. The molecule has 0 heterocycles. The van der Waals surface area contributed by atoms with Gasteiger partial charge in [0, 0.05) is 13.7 Å². The van der Waals surface area contributed by atoms with Gasteiger partial charge in [0.25, 0.3) is 0 Å². The van der Waals surface area contributed by atoms with Crippen LogP contribution >= 0.6 is 0 Å².